The van der Waals surface area contributed by atoms with Gasteiger partial charge in [-0.15, -0.1) is 0 Å². The van der Waals surface area contributed by atoms with E-state index in [4.69, 9.17) is 0 Å². The third-order valence-corrected chi connectivity index (χ3v) is 3.44. The van der Waals surface area contributed by atoms with Gasteiger partial charge in [-0.3, -0.25) is 0 Å². The first-order valence-corrected chi connectivity index (χ1v) is 6.85. The van der Waals surface area contributed by atoms with Gasteiger partial charge in [0.25, 0.3) is 0 Å². The van der Waals surface area contributed by atoms with Crippen LogP contribution in [0.25, 0.3) is 0 Å². The molecule has 1 aliphatic rings. The first-order valence-electron chi connectivity index (χ1n) is 6.85. The molecule has 3 rings (SSSR count). The number of nitrogens with one attached hydrogen (secondary N) is 2. The average molecular weight is 257 g/mol. The number of anilines is 2. The Labute approximate surface area is 113 Å². The lowest BCUT2D eigenvalue weighted by molar-refractivity contribution is 0.573. The van der Waals surface area contributed by atoms with Crippen LogP contribution in [0, 0.1) is 0 Å². The predicted molar refractivity (Wildman–Crippen MR) is 76.2 cm³/mol. The van der Waals surface area contributed by atoms with Crippen LogP contribution in [0.1, 0.15) is 25.1 Å². The Kier molecular flexibility index (Phi) is 3.63. The van der Waals surface area contributed by atoms with Gasteiger partial charge in [0.2, 0.25) is 0 Å². The monoisotopic (exact) mass is 257 g/mol. The summed E-state index contributed by atoms with van der Waals surface area (Å²) in [4.78, 5) is 14.1. The van der Waals surface area contributed by atoms with E-state index in [1.165, 1.54) is 19.3 Å². The molecule has 0 atom stereocenters. The zero-order valence-electron chi connectivity index (χ0n) is 11.0. The zero-order chi connectivity index (χ0) is 12.9. The molecule has 3 heterocycles. The van der Waals surface area contributed by atoms with Crippen LogP contribution in [-0.4, -0.2) is 28.0 Å². The van der Waals surface area contributed by atoms with E-state index in [9.17, 15) is 0 Å². The fourth-order valence-electron chi connectivity index (χ4n) is 2.38. The van der Waals surface area contributed by atoms with Gasteiger partial charge < -0.3 is 15.2 Å². The quantitative estimate of drug-likeness (QED) is 0.883. The van der Waals surface area contributed by atoms with Crippen LogP contribution in [0.15, 0.2) is 30.7 Å². The number of hydrogen-bond acceptors (Lipinski definition) is 4. The van der Waals surface area contributed by atoms with E-state index in [2.05, 4.69) is 37.3 Å². The number of pyridine rings is 1. The second-order valence-electron chi connectivity index (χ2n) is 4.84. The topological polar surface area (TPSA) is 56.8 Å². The number of rotatable bonds is 4. The highest BCUT2D eigenvalue weighted by Gasteiger charge is 2.11. The number of aromatic nitrogens is 3. The fraction of sp³-hybridized carbons (Fsp3) is 0.429. The highest BCUT2D eigenvalue weighted by atomic mass is 15.2. The highest BCUT2D eigenvalue weighted by Crippen LogP contribution is 2.18. The SMILES string of the molecule is c1c[nH]c(CNc2ccc(N3CCCCC3)nc2)n1. The van der Waals surface area contributed by atoms with Gasteiger partial charge in [0.1, 0.15) is 11.6 Å². The average Bonchev–Trinajstić information content (AvgIpc) is 3.00. The third-order valence-electron chi connectivity index (χ3n) is 3.44. The van der Waals surface area contributed by atoms with Gasteiger partial charge in [0.05, 0.1) is 18.4 Å². The minimum atomic E-state index is 0.692. The Balaban J connectivity index is 1.58. The molecule has 0 unspecified atom stereocenters. The molecular weight excluding hydrogens is 238 g/mol. The van der Waals surface area contributed by atoms with E-state index in [1.54, 1.807) is 6.20 Å². The molecule has 0 radical (unpaired) electrons. The van der Waals surface area contributed by atoms with Gasteiger partial charge in [0, 0.05) is 25.5 Å². The highest BCUT2D eigenvalue weighted by molar-refractivity contribution is 5.48. The van der Waals surface area contributed by atoms with E-state index >= 15 is 0 Å². The second-order valence-corrected chi connectivity index (χ2v) is 4.84. The molecule has 2 aromatic rings. The van der Waals surface area contributed by atoms with E-state index in [0.717, 1.165) is 30.4 Å². The number of hydrogen-bond donors (Lipinski definition) is 2. The number of piperidine rings is 1. The smallest absolute Gasteiger partial charge is 0.128 e. The molecule has 2 N–H and O–H groups in total. The lowest BCUT2D eigenvalue weighted by Crippen LogP contribution is -2.30. The summed E-state index contributed by atoms with van der Waals surface area (Å²) in [6, 6.07) is 4.18. The number of imidazole rings is 1. The van der Waals surface area contributed by atoms with Crippen LogP contribution < -0.4 is 10.2 Å². The first kappa shape index (κ1) is 12.0. The minimum Gasteiger partial charge on any atom is -0.377 e. The number of nitrogens with zero attached hydrogens (tertiary/aromatic N) is 3. The van der Waals surface area contributed by atoms with Crippen molar-refractivity contribution >= 4 is 11.5 Å². The van der Waals surface area contributed by atoms with Crippen LogP contribution in [0.2, 0.25) is 0 Å². The van der Waals surface area contributed by atoms with Crippen molar-refractivity contribution in [3.8, 4) is 0 Å². The van der Waals surface area contributed by atoms with Crippen LogP contribution in [0.3, 0.4) is 0 Å². The van der Waals surface area contributed by atoms with Crippen LogP contribution >= 0.6 is 0 Å². The molecule has 2 aromatic heterocycles. The molecule has 19 heavy (non-hydrogen) atoms. The van der Waals surface area contributed by atoms with Gasteiger partial charge in [0.15, 0.2) is 0 Å². The van der Waals surface area contributed by atoms with Crippen molar-refractivity contribution in [2.24, 2.45) is 0 Å². The molecule has 0 bridgehead atoms. The molecular formula is C14H19N5. The zero-order valence-corrected chi connectivity index (χ0v) is 11.0. The summed E-state index contributed by atoms with van der Waals surface area (Å²) in [7, 11) is 0. The lowest BCUT2D eigenvalue weighted by atomic mass is 10.1. The van der Waals surface area contributed by atoms with Crippen molar-refractivity contribution < 1.29 is 0 Å². The maximum absolute atomic E-state index is 4.54. The molecule has 0 aromatic carbocycles. The summed E-state index contributed by atoms with van der Waals surface area (Å²) in [5.74, 6) is 2.02. The summed E-state index contributed by atoms with van der Waals surface area (Å²) in [5, 5.41) is 3.30. The molecule has 0 amide bonds. The van der Waals surface area contributed by atoms with Crippen molar-refractivity contribution in [1.82, 2.24) is 15.0 Å². The van der Waals surface area contributed by atoms with Gasteiger partial charge in [-0.2, -0.15) is 0 Å². The van der Waals surface area contributed by atoms with Gasteiger partial charge in [-0.1, -0.05) is 0 Å². The van der Waals surface area contributed by atoms with Crippen LogP contribution in [0.5, 0.6) is 0 Å². The van der Waals surface area contributed by atoms with E-state index in [-0.39, 0.29) is 0 Å². The van der Waals surface area contributed by atoms with Crippen molar-refractivity contribution in [2.45, 2.75) is 25.8 Å². The third kappa shape index (κ3) is 3.05. The van der Waals surface area contributed by atoms with Crippen LogP contribution in [0.4, 0.5) is 11.5 Å². The normalized spacial score (nSPS) is 15.5. The molecule has 0 aliphatic carbocycles. The van der Waals surface area contributed by atoms with Gasteiger partial charge in [-0.25, -0.2) is 9.97 Å². The first-order chi connectivity index (χ1) is 9.42. The maximum atomic E-state index is 4.54. The lowest BCUT2D eigenvalue weighted by Gasteiger charge is -2.27. The van der Waals surface area contributed by atoms with E-state index in [0.29, 0.717) is 6.54 Å². The summed E-state index contributed by atoms with van der Waals surface area (Å²) >= 11 is 0. The Morgan fingerprint density at radius 1 is 1.16 bits per heavy atom. The molecule has 1 saturated heterocycles. The number of H-pyrrole nitrogens is 1. The van der Waals surface area contributed by atoms with Crippen molar-refractivity contribution in [2.75, 3.05) is 23.3 Å². The fourth-order valence-corrected chi connectivity index (χ4v) is 2.38. The van der Waals surface area contributed by atoms with E-state index in [1.807, 2.05) is 12.4 Å². The largest absolute Gasteiger partial charge is 0.377 e. The summed E-state index contributed by atoms with van der Waals surface area (Å²) in [5.41, 5.74) is 1.03. The van der Waals surface area contributed by atoms with E-state index < -0.39 is 0 Å². The summed E-state index contributed by atoms with van der Waals surface area (Å²) < 4.78 is 0. The van der Waals surface area contributed by atoms with Crippen molar-refractivity contribution in [3.05, 3.63) is 36.5 Å². The summed E-state index contributed by atoms with van der Waals surface area (Å²) in [6.45, 7) is 2.95. The van der Waals surface area contributed by atoms with Gasteiger partial charge >= 0.3 is 0 Å². The van der Waals surface area contributed by atoms with Gasteiger partial charge in [-0.05, 0) is 31.4 Å². The van der Waals surface area contributed by atoms with Crippen molar-refractivity contribution in [3.63, 3.8) is 0 Å². The maximum Gasteiger partial charge on any atom is 0.128 e. The Hall–Kier alpha value is -2.04. The minimum absolute atomic E-state index is 0.692. The molecule has 1 aliphatic heterocycles. The van der Waals surface area contributed by atoms with Crippen LogP contribution in [-0.2, 0) is 6.54 Å². The molecule has 1 fully saturated rings. The second kappa shape index (κ2) is 5.73. The molecule has 0 saturated carbocycles. The Morgan fingerprint density at radius 3 is 2.74 bits per heavy atom. The molecule has 100 valence electrons. The molecule has 5 nitrogen and oxygen atoms in total. The Bertz CT molecular complexity index is 485. The number of aromatic amines is 1. The predicted octanol–water partition coefficient (Wildman–Crippen LogP) is 2.41. The molecule has 0 spiro atoms. The summed E-state index contributed by atoms with van der Waals surface area (Å²) in [6.07, 6.45) is 9.38. The molecule has 5 heteroatoms. The standard InChI is InChI=1S/C14H19N5/c1-2-8-19(9-3-1)14-5-4-12(10-18-14)17-11-13-15-6-7-16-13/h4-7,10,17H,1-3,8-9,11H2,(H,15,16). The van der Waals surface area contributed by atoms with Crippen molar-refractivity contribution in [1.29, 1.82) is 0 Å². The Morgan fingerprint density at radius 2 is 2.05 bits per heavy atom.